The molecule has 0 saturated carbocycles. The van der Waals surface area contributed by atoms with Crippen LogP contribution in [0.25, 0.3) is 0 Å². The van der Waals surface area contributed by atoms with Crippen LogP contribution in [0.3, 0.4) is 0 Å². The van der Waals surface area contributed by atoms with Crippen molar-refractivity contribution in [3.8, 4) is 0 Å². The molecule has 0 amide bonds. The highest BCUT2D eigenvalue weighted by Gasteiger charge is 2.42. The minimum atomic E-state index is -0.224. The number of allylic oxidation sites excluding steroid dienone is 4. The molecule has 1 aliphatic carbocycles. The van der Waals surface area contributed by atoms with E-state index in [1.165, 1.54) is 22.3 Å². The molecule has 0 heteroatoms. The predicted molar refractivity (Wildman–Crippen MR) is 106 cm³/mol. The fourth-order valence-electron chi connectivity index (χ4n) is 4.10. The molecule has 1 unspecified atom stereocenters. The van der Waals surface area contributed by atoms with Gasteiger partial charge in [-0.1, -0.05) is 115 Å². The van der Waals surface area contributed by atoms with E-state index in [1.807, 2.05) is 0 Å². The summed E-state index contributed by atoms with van der Waals surface area (Å²) in [7, 11) is 0. The molecular formula is C25H22. The van der Waals surface area contributed by atoms with Crippen molar-refractivity contribution in [1.29, 1.82) is 0 Å². The Kier molecular flexibility index (Phi) is 4.11. The lowest BCUT2D eigenvalue weighted by atomic mass is 9.62. The largest absolute Gasteiger partial charge is 0.0758 e. The van der Waals surface area contributed by atoms with Gasteiger partial charge in [-0.25, -0.2) is 0 Å². The van der Waals surface area contributed by atoms with E-state index < -0.39 is 0 Å². The van der Waals surface area contributed by atoms with E-state index >= 15 is 0 Å². The van der Waals surface area contributed by atoms with Gasteiger partial charge in [-0.3, -0.25) is 0 Å². The van der Waals surface area contributed by atoms with Crippen molar-refractivity contribution in [2.24, 2.45) is 5.92 Å². The fraction of sp³-hybridized carbons (Fsp3) is 0.120. The van der Waals surface area contributed by atoms with Crippen molar-refractivity contribution < 1.29 is 0 Å². The molecule has 25 heavy (non-hydrogen) atoms. The second-order valence-corrected chi connectivity index (χ2v) is 6.70. The van der Waals surface area contributed by atoms with Crippen LogP contribution in [0.5, 0.6) is 0 Å². The Labute approximate surface area is 150 Å². The van der Waals surface area contributed by atoms with Gasteiger partial charge in [0.1, 0.15) is 0 Å². The molecule has 0 nitrogen and oxygen atoms in total. The summed E-state index contributed by atoms with van der Waals surface area (Å²) in [4.78, 5) is 0. The van der Waals surface area contributed by atoms with E-state index in [9.17, 15) is 0 Å². The second kappa shape index (κ2) is 6.57. The van der Waals surface area contributed by atoms with Crippen molar-refractivity contribution in [1.82, 2.24) is 0 Å². The van der Waals surface area contributed by atoms with Gasteiger partial charge in [0.25, 0.3) is 0 Å². The molecule has 0 radical (unpaired) electrons. The lowest BCUT2D eigenvalue weighted by Crippen LogP contribution is -2.35. The van der Waals surface area contributed by atoms with Crippen molar-refractivity contribution in [3.05, 3.63) is 131 Å². The van der Waals surface area contributed by atoms with Crippen LogP contribution in [0.2, 0.25) is 0 Å². The van der Waals surface area contributed by atoms with E-state index in [4.69, 9.17) is 0 Å². The molecule has 0 aromatic heterocycles. The van der Waals surface area contributed by atoms with Crippen molar-refractivity contribution in [2.45, 2.75) is 12.3 Å². The van der Waals surface area contributed by atoms with Gasteiger partial charge in [-0.05, 0) is 23.6 Å². The Balaban J connectivity index is 2.07. The van der Waals surface area contributed by atoms with E-state index in [2.05, 4.69) is 116 Å². The maximum absolute atomic E-state index is 2.40. The average Bonchev–Trinajstić information content (AvgIpc) is 3.12. The van der Waals surface area contributed by atoms with Crippen LogP contribution in [-0.4, -0.2) is 0 Å². The van der Waals surface area contributed by atoms with Gasteiger partial charge in [0.05, 0.1) is 5.41 Å². The Morgan fingerprint density at radius 1 is 0.600 bits per heavy atom. The maximum atomic E-state index is 2.40. The van der Waals surface area contributed by atoms with E-state index in [1.54, 1.807) is 0 Å². The SMILES string of the molecule is CC1=CC(C(c2ccccc2)(c2ccccc2)c2ccccc2)C=C1. The third kappa shape index (κ3) is 2.64. The normalized spacial score (nSPS) is 16.7. The van der Waals surface area contributed by atoms with Gasteiger partial charge in [-0.15, -0.1) is 0 Å². The van der Waals surface area contributed by atoms with Crippen LogP contribution in [0.4, 0.5) is 0 Å². The average molecular weight is 322 g/mol. The van der Waals surface area contributed by atoms with Crippen molar-refractivity contribution >= 4 is 0 Å². The van der Waals surface area contributed by atoms with Crippen LogP contribution < -0.4 is 0 Å². The maximum Gasteiger partial charge on any atom is 0.0548 e. The van der Waals surface area contributed by atoms with Gasteiger partial charge in [-0.2, -0.15) is 0 Å². The molecule has 4 rings (SSSR count). The van der Waals surface area contributed by atoms with Gasteiger partial charge in [0.2, 0.25) is 0 Å². The van der Waals surface area contributed by atoms with E-state index in [0.717, 1.165) is 0 Å². The second-order valence-electron chi connectivity index (χ2n) is 6.70. The van der Waals surface area contributed by atoms with Gasteiger partial charge < -0.3 is 0 Å². The van der Waals surface area contributed by atoms with Gasteiger partial charge in [0.15, 0.2) is 0 Å². The van der Waals surface area contributed by atoms with E-state index in [-0.39, 0.29) is 5.41 Å². The molecular weight excluding hydrogens is 300 g/mol. The molecule has 0 heterocycles. The highest BCUT2D eigenvalue weighted by Crippen LogP contribution is 2.48. The number of benzene rings is 3. The Morgan fingerprint density at radius 3 is 1.32 bits per heavy atom. The van der Waals surface area contributed by atoms with Gasteiger partial charge >= 0.3 is 0 Å². The predicted octanol–water partition coefficient (Wildman–Crippen LogP) is 6.15. The quantitative estimate of drug-likeness (QED) is 0.505. The summed E-state index contributed by atoms with van der Waals surface area (Å²) >= 11 is 0. The Morgan fingerprint density at radius 2 is 1.00 bits per heavy atom. The highest BCUT2D eigenvalue weighted by molar-refractivity contribution is 5.55. The summed E-state index contributed by atoms with van der Waals surface area (Å²) in [6.07, 6.45) is 6.99. The zero-order chi connectivity index (χ0) is 17.1. The first kappa shape index (κ1) is 15.7. The zero-order valence-corrected chi connectivity index (χ0v) is 14.5. The minimum absolute atomic E-state index is 0.224. The van der Waals surface area contributed by atoms with E-state index in [0.29, 0.717) is 5.92 Å². The Hall–Kier alpha value is -2.86. The van der Waals surface area contributed by atoms with Crippen LogP contribution in [0.15, 0.2) is 115 Å². The van der Waals surface area contributed by atoms with Gasteiger partial charge in [0, 0.05) is 5.92 Å². The van der Waals surface area contributed by atoms with Crippen molar-refractivity contribution in [3.63, 3.8) is 0 Å². The minimum Gasteiger partial charge on any atom is -0.0758 e. The topological polar surface area (TPSA) is 0 Å². The van der Waals surface area contributed by atoms with Crippen LogP contribution in [0, 0.1) is 5.92 Å². The molecule has 1 aliphatic rings. The first-order valence-electron chi connectivity index (χ1n) is 8.85. The smallest absolute Gasteiger partial charge is 0.0548 e. The lowest BCUT2D eigenvalue weighted by molar-refractivity contribution is 0.527. The molecule has 0 saturated heterocycles. The summed E-state index contributed by atoms with van der Waals surface area (Å²) in [5, 5.41) is 0. The molecule has 122 valence electrons. The fourth-order valence-corrected chi connectivity index (χ4v) is 4.10. The summed E-state index contributed by atoms with van der Waals surface area (Å²) in [6.45, 7) is 2.18. The molecule has 0 bridgehead atoms. The monoisotopic (exact) mass is 322 g/mol. The van der Waals surface area contributed by atoms with Crippen molar-refractivity contribution in [2.75, 3.05) is 0 Å². The number of rotatable bonds is 4. The highest BCUT2D eigenvalue weighted by atomic mass is 14.4. The summed E-state index contributed by atoms with van der Waals surface area (Å²) < 4.78 is 0. The molecule has 3 aromatic rings. The molecule has 0 N–H and O–H groups in total. The van der Waals surface area contributed by atoms with Crippen LogP contribution >= 0.6 is 0 Å². The molecule has 3 aromatic carbocycles. The number of hydrogen-bond donors (Lipinski definition) is 0. The molecule has 1 atom stereocenters. The number of hydrogen-bond acceptors (Lipinski definition) is 0. The molecule has 0 aliphatic heterocycles. The van der Waals surface area contributed by atoms with Crippen LogP contribution in [-0.2, 0) is 5.41 Å². The molecule has 0 spiro atoms. The standard InChI is InChI=1S/C25H22/c1-20-17-18-24(19-20)25(21-11-5-2-6-12-21,22-13-7-3-8-14-22)23-15-9-4-10-16-23/h2-19,24H,1H3. The Bertz CT molecular complexity index is 790. The zero-order valence-electron chi connectivity index (χ0n) is 14.5. The lowest BCUT2D eigenvalue weighted by Gasteiger charge is -2.40. The molecule has 0 fully saturated rings. The third-order valence-electron chi connectivity index (χ3n) is 5.20. The first-order chi connectivity index (χ1) is 12.3. The summed E-state index contributed by atoms with van der Waals surface area (Å²) in [5.41, 5.74) is 5.09. The summed E-state index contributed by atoms with van der Waals surface area (Å²) in [6, 6.07) is 32.7. The third-order valence-corrected chi connectivity index (χ3v) is 5.20. The van der Waals surface area contributed by atoms with Crippen LogP contribution in [0.1, 0.15) is 23.6 Å². The first-order valence-corrected chi connectivity index (χ1v) is 8.85. The summed E-state index contributed by atoms with van der Waals surface area (Å²) in [5.74, 6) is 0.291.